The summed E-state index contributed by atoms with van der Waals surface area (Å²) < 4.78 is 16.5. The minimum absolute atomic E-state index is 0.0102. The van der Waals surface area contributed by atoms with Crippen LogP contribution in [0.4, 0.5) is 0 Å². The highest BCUT2D eigenvalue weighted by Crippen LogP contribution is 2.32. The summed E-state index contributed by atoms with van der Waals surface area (Å²) in [4.78, 5) is 31.6. The smallest absolute Gasteiger partial charge is 0.338 e. The molecule has 0 aliphatic carbocycles. The van der Waals surface area contributed by atoms with Gasteiger partial charge < -0.3 is 19.1 Å². The average molecular weight is 495 g/mol. The van der Waals surface area contributed by atoms with Gasteiger partial charge in [0, 0.05) is 17.5 Å². The molecule has 1 aliphatic rings. The molecule has 3 aromatic rings. The molecule has 1 fully saturated rings. The number of benzene rings is 2. The quantitative estimate of drug-likeness (QED) is 0.393. The molecule has 0 saturated carbocycles. The Bertz CT molecular complexity index is 1150. The Morgan fingerprint density at radius 2 is 1.77 bits per heavy atom. The zero-order chi connectivity index (χ0) is 24.8. The number of thiazole rings is 1. The summed E-state index contributed by atoms with van der Waals surface area (Å²) in [6.07, 6.45) is 3.20. The minimum atomic E-state index is -0.449. The van der Waals surface area contributed by atoms with E-state index in [2.05, 4.69) is 18.8 Å². The SMILES string of the molecule is COc1ccccc1-c1nc(COC(=O)c2ccc(OCC(=O)N3C(C)CCCC3C)cc2)cs1. The first-order valence-corrected chi connectivity index (χ1v) is 12.6. The monoisotopic (exact) mass is 494 g/mol. The van der Waals surface area contributed by atoms with Crippen LogP contribution >= 0.6 is 11.3 Å². The molecule has 0 radical (unpaired) electrons. The van der Waals surface area contributed by atoms with Gasteiger partial charge in [-0.2, -0.15) is 0 Å². The first-order chi connectivity index (χ1) is 17.0. The number of carbonyl (C=O) groups excluding carboxylic acids is 2. The van der Waals surface area contributed by atoms with Crippen molar-refractivity contribution >= 4 is 23.2 Å². The van der Waals surface area contributed by atoms with Gasteiger partial charge in [0.2, 0.25) is 0 Å². The van der Waals surface area contributed by atoms with Gasteiger partial charge in [0.05, 0.1) is 23.9 Å². The van der Waals surface area contributed by atoms with Gasteiger partial charge in [0.1, 0.15) is 23.1 Å². The third kappa shape index (κ3) is 6.00. The van der Waals surface area contributed by atoms with E-state index in [4.69, 9.17) is 14.2 Å². The fourth-order valence-electron chi connectivity index (χ4n) is 4.36. The largest absolute Gasteiger partial charge is 0.496 e. The van der Waals surface area contributed by atoms with Crippen LogP contribution in [-0.4, -0.2) is 47.6 Å². The molecule has 0 bridgehead atoms. The first-order valence-electron chi connectivity index (χ1n) is 11.7. The summed E-state index contributed by atoms with van der Waals surface area (Å²) in [6, 6.07) is 14.7. The molecule has 0 spiro atoms. The number of amides is 1. The van der Waals surface area contributed by atoms with Crippen LogP contribution < -0.4 is 9.47 Å². The normalized spacial score (nSPS) is 17.6. The molecule has 7 nitrogen and oxygen atoms in total. The van der Waals surface area contributed by atoms with Crippen molar-refractivity contribution in [3.8, 4) is 22.1 Å². The fourth-order valence-corrected chi connectivity index (χ4v) is 5.19. The minimum Gasteiger partial charge on any atom is -0.496 e. The van der Waals surface area contributed by atoms with Crippen molar-refractivity contribution in [1.82, 2.24) is 9.88 Å². The lowest BCUT2D eigenvalue weighted by atomic mass is 9.97. The molecule has 0 N–H and O–H groups in total. The van der Waals surface area contributed by atoms with E-state index >= 15 is 0 Å². The molecule has 1 saturated heterocycles. The number of hydrogen-bond donors (Lipinski definition) is 0. The van der Waals surface area contributed by atoms with Crippen molar-refractivity contribution < 1.29 is 23.8 Å². The summed E-state index contributed by atoms with van der Waals surface area (Å²) in [5.41, 5.74) is 1.97. The molecule has 8 heteroatoms. The number of nitrogens with zero attached hydrogens (tertiary/aromatic N) is 2. The van der Waals surface area contributed by atoms with E-state index in [0.29, 0.717) is 17.0 Å². The highest BCUT2D eigenvalue weighted by atomic mass is 32.1. The van der Waals surface area contributed by atoms with Crippen LogP contribution in [-0.2, 0) is 16.1 Å². The van der Waals surface area contributed by atoms with E-state index < -0.39 is 5.97 Å². The van der Waals surface area contributed by atoms with Crippen LogP contribution in [0.1, 0.15) is 49.2 Å². The third-order valence-electron chi connectivity index (χ3n) is 6.17. The Morgan fingerprint density at radius 3 is 2.49 bits per heavy atom. The Labute approximate surface area is 209 Å². The average Bonchev–Trinajstić information content (AvgIpc) is 3.35. The maximum Gasteiger partial charge on any atom is 0.338 e. The second kappa shape index (κ2) is 11.4. The number of esters is 1. The molecule has 2 unspecified atom stereocenters. The Hall–Kier alpha value is -3.39. The predicted octanol–water partition coefficient (Wildman–Crippen LogP) is 5.34. The number of piperidine rings is 1. The molecular weight excluding hydrogens is 464 g/mol. The zero-order valence-electron chi connectivity index (χ0n) is 20.2. The standard InChI is InChI=1S/C27H30N2O5S/c1-18-7-6-8-19(2)29(18)25(30)16-33-22-13-11-20(12-14-22)27(31)34-15-21-17-35-26(28-21)23-9-4-5-10-24(23)32-3/h4-5,9-14,17-19H,6-8,15-16H2,1-3H3. The van der Waals surface area contributed by atoms with Crippen LogP contribution in [0.15, 0.2) is 53.9 Å². The second-order valence-corrected chi connectivity index (χ2v) is 9.52. The van der Waals surface area contributed by atoms with Crippen LogP contribution in [0.2, 0.25) is 0 Å². The molecule has 1 aromatic heterocycles. The van der Waals surface area contributed by atoms with Gasteiger partial charge in [-0.15, -0.1) is 11.3 Å². The van der Waals surface area contributed by atoms with Gasteiger partial charge in [0.15, 0.2) is 6.61 Å². The molecule has 2 heterocycles. The van der Waals surface area contributed by atoms with Crippen LogP contribution in [0.25, 0.3) is 10.6 Å². The fraction of sp³-hybridized carbons (Fsp3) is 0.370. The molecule has 1 amide bonds. The van der Waals surface area contributed by atoms with Crippen LogP contribution in [0.3, 0.4) is 0 Å². The van der Waals surface area contributed by atoms with Crippen molar-refractivity contribution in [2.75, 3.05) is 13.7 Å². The van der Waals surface area contributed by atoms with Crippen molar-refractivity contribution in [2.24, 2.45) is 0 Å². The Kier molecular flexibility index (Phi) is 8.02. The number of rotatable bonds is 8. The van der Waals surface area contributed by atoms with Crippen molar-refractivity contribution in [3.05, 3.63) is 65.2 Å². The van der Waals surface area contributed by atoms with E-state index in [1.165, 1.54) is 11.3 Å². The number of methoxy groups -OCH3 is 1. The Balaban J connectivity index is 1.29. The number of carbonyl (C=O) groups is 2. The van der Waals surface area contributed by atoms with E-state index in [9.17, 15) is 9.59 Å². The Morgan fingerprint density at radius 1 is 1.06 bits per heavy atom. The number of hydrogen-bond acceptors (Lipinski definition) is 7. The summed E-state index contributed by atoms with van der Waals surface area (Å²) in [7, 11) is 1.62. The first kappa shape index (κ1) is 24.7. The van der Waals surface area contributed by atoms with E-state index in [1.807, 2.05) is 34.5 Å². The van der Waals surface area contributed by atoms with Gasteiger partial charge >= 0.3 is 5.97 Å². The molecule has 2 atom stereocenters. The molecular formula is C27H30N2O5S. The molecule has 2 aromatic carbocycles. The van der Waals surface area contributed by atoms with Crippen molar-refractivity contribution in [2.45, 2.75) is 51.8 Å². The van der Waals surface area contributed by atoms with E-state index in [1.54, 1.807) is 31.4 Å². The van der Waals surface area contributed by atoms with Gasteiger partial charge in [-0.25, -0.2) is 9.78 Å². The van der Waals surface area contributed by atoms with E-state index in [0.717, 1.165) is 35.6 Å². The van der Waals surface area contributed by atoms with Crippen molar-refractivity contribution in [1.29, 1.82) is 0 Å². The number of aromatic nitrogens is 1. The number of ether oxygens (including phenoxy) is 3. The second-order valence-electron chi connectivity index (χ2n) is 8.66. The summed E-state index contributed by atoms with van der Waals surface area (Å²) >= 11 is 1.47. The lowest BCUT2D eigenvalue weighted by Gasteiger charge is -2.38. The molecule has 4 rings (SSSR count). The van der Waals surface area contributed by atoms with Crippen molar-refractivity contribution in [3.63, 3.8) is 0 Å². The maximum atomic E-state index is 12.6. The predicted molar refractivity (Wildman–Crippen MR) is 135 cm³/mol. The van der Waals surface area contributed by atoms with Gasteiger partial charge in [0.25, 0.3) is 5.91 Å². The van der Waals surface area contributed by atoms with Gasteiger partial charge in [-0.3, -0.25) is 4.79 Å². The summed E-state index contributed by atoms with van der Waals surface area (Å²) in [6.45, 7) is 4.22. The van der Waals surface area contributed by atoms with E-state index in [-0.39, 0.29) is 31.2 Å². The van der Waals surface area contributed by atoms with Gasteiger partial charge in [-0.05, 0) is 69.5 Å². The number of likely N-dealkylation sites (tertiary alicyclic amines) is 1. The topological polar surface area (TPSA) is 78.0 Å². The lowest BCUT2D eigenvalue weighted by Crippen LogP contribution is -2.49. The molecule has 184 valence electrons. The third-order valence-corrected chi connectivity index (χ3v) is 7.10. The lowest BCUT2D eigenvalue weighted by molar-refractivity contribution is -0.139. The summed E-state index contributed by atoms with van der Waals surface area (Å²) in [5, 5.41) is 2.67. The molecule has 1 aliphatic heterocycles. The number of para-hydroxylation sites is 1. The van der Waals surface area contributed by atoms with Gasteiger partial charge in [-0.1, -0.05) is 12.1 Å². The van der Waals surface area contributed by atoms with Crippen LogP contribution in [0, 0.1) is 0 Å². The highest BCUT2D eigenvalue weighted by Gasteiger charge is 2.29. The zero-order valence-corrected chi connectivity index (χ0v) is 21.0. The maximum absolute atomic E-state index is 12.6. The summed E-state index contributed by atoms with van der Waals surface area (Å²) in [5.74, 6) is 0.821. The molecule has 35 heavy (non-hydrogen) atoms. The van der Waals surface area contributed by atoms with Crippen LogP contribution in [0.5, 0.6) is 11.5 Å². The highest BCUT2D eigenvalue weighted by molar-refractivity contribution is 7.13.